The largest absolute Gasteiger partial charge is 0.491 e. The molecule has 0 saturated heterocycles. The molecule has 1 aromatic heterocycles. The number of aryl methyl sites for hydroxylation is 1. The van der Waals surface area contributed by atoms with Crippen LogP contribution in [0.15, 0.2) is 48.5 Å². The summed E-state index contributed by atoms with van der Waals surface area (Å²) in [5, 5.41) is 11.1. The van der Waals surface area contributed by atoms with E-state index in [2.05, 4.69) is 35.2 Å². The Kier molecular flexibility index (Phi) is 5.07. The van der Waals surface area contributed by atoms with Crippen LogP contribution in [-0.4, -0.2) is 22.4 Å². The van der Waals surface area contributed by atoms with Gasteiger partial charge in [0.05, 0.1) is 7.05 Å². The minimum absolute atomic E-state index is 0.237. The van der Waals surface area contributed by atoms with E-state index in [4.69, 9.17) is 16.3 Å². The minimum atomic E-state index is -0.596. The van der Waals surface area contributed by atoms with E-state index in [1.165, 1.54) is 11.3 Å². The molecule has 3 aromatic rings. The minimum Gasteiger partial charge on any atom is -0.491 e. The molecule has 0 fully saturated rings. The Balaban J connectivity index is 1.75. The third kappa shape index (κ3) is 3.40. The van der Waals surface area contributed by atoms with Crippen LogP contribution in [0.1, 0.15) is 12.7 Å². The number of aliphatic hydroxyl groups is 1. The van der Waals surface area contributed by atoms with Crippen molar-refractivity contribution < 1.29 is 14.4 Å². The van der Waals surface area contributed by atoms with Gasteiger partial charge in [-0.3, -0.25) is 0 Å². The Morgan fingerprint density at radius 2 is 1.88 bits per heavy atom. The molecular formula is C19H22ClN2O2+. The fraction of sp³-hybridized carbons (Fsp3) is 0.316. The van der Waals surface area contributed by atoms with Gasteiger partial charge < -0.3 is 9.84 Å². The van der Waals surface area contributed by atoms with Crippen LogP contribution in [0.4, 0.5) is 0 Å². The number of hydrogen-bond donors (Lipinski definition) is 1. The van der Waals surface area contributed by atoms with Crippen LogP contribution in [-0.2, 0) is 20.0 Å². The van der Waals surface area contributed by atoms with Gasteiger partial charge in [0.1, 0.15) is 25.0 Å². The first-order valence-corrected chi connectivity index (χ1v) is 8.50. The van der Waals surface area contributed by atoms with Gasteiger partial charge in [-0.2, -0.15) is 0 Å². The van der Waals surface area contributed by atoms with Crippen LogP contribution in [0.5, 0.6) is 5.75 Å². The molecule has 0 amide bonds. The Bertz CT molecular complexity index is 827. The van der Waals surface area contributed by atoms with Gasteiger partial charge in [0.15, 0.2) is 11.0 Å². The second-order valence-electron chi connectivity index (χ2n) is 5.85. The van der Waals surface area contributed by atoms with Crippen LogP contribution in [0, 0.1) is 0 Å². The first kappa shape index (κ1) is 16.8. The zero-order valence-electron chi connectivity index (χ0n) is 13.9. The molecule has 0 aliphatic heterocycles. The van der Waals surface area contributed by atoms with Crippen molar-refractivity contribution >= 4 is 22.6 Å². The lowest BCUT2D eigenvalue weighted by atomic mass is 10.3. The first-order chi connectivity index (χ1) is 11.6. The number of halogens is 1. The van der Waals surface area contributed by atoms with Crippen molar-refractivity contribution in [3.05, 3.63) is 59.4 Å². The van der Waals surface area contributed by atoms with Crippen LogP contribution < -0.4 is 9.30 Å². The predicted octanol–water partition coefficient (Wildman–Crippen LogP) is 3.12. The smallest absolute Gasteiger partial charge is 0.256 e. The molecule has 1 atom stereocenters. The predicted molar refractivity (Wildman–Crippen MR) is 95.4 cm³/mol. The van der Waals surface area contributed by atoms with Gasteiger partial charge in [-0.25, -0.2) is 9.13 Å². The quantitative estimate of drug-likeness (QED) is 0.697. The maximum absolute atomic E-state index is 10.4. The molecule has 4 nitrogen and oxygen atoms in total. The number of para-hydroxylation sites is 2. The molecule has 1 N–H and O–H groups in total. The number of aromatic nitrogens is 2. The van der Waals surface area contributed by atoms with Crippen LogP contribution >= 0.6 is 11.6 Å². The molecular weight excluding hydrogens is 324 g/mol. The van der Waals surface area contributed by atoms with E-state index < -0.39 is 6.10 Å². The van der Waals surface area contributed by atoms with E-state index >= 15 is 0 Å². The summed E-state index contributed by atoms with van der Waals surface area (Å²) >= 11 is 5.86. The van der Waals surface area contributed by atoms with E-state index in [1.807, 2.05) is 12.1 Å². The molecule has 3 rings (SSSR count). The molecule has 0 saturated carbocycles. The second kappa shape index (κ2) is 7.24. The maximum atomic E-state index is 10.4. The van der Waals surface area contributed by atoms with Crippen molar-refractivity contribution in [3.63, 3.8) is 0 Å². The van der Waals surface area contributed by atoms with Crippen molar-refractivity contribution in [2.24, 2.45) is 7.05 Å². The summed E-state index contributed by atoms with van der Waals surface area (Å²) in [5.74, 6) is 1.89. The van der Waals surface area contributed by atoms with Gasteiger partial charge in [-0.1, -0.05) is 30.7 Å². The normalized spacial score (nSPS) is 12.5. The van der Waals surface area contributed by atoms with Crippen molar-refractivity contribution in [2.75, 3.05) is 6.61 Å². The number of imidazole rings is 1. The van der Waals surface area contributed by atoms with Gasteiger partial charge in [0.25, 0.3) is 5.82 Å². The molecule has 1 heterocycles. The molecule has 5 heteroatoms. The van der Waals surface area contributed by atoms with Gasteiger partial charge in [-0.05, 0) is 36.4 Å². The average molecular weight is 346 g/mol. The fourth-order valence-electron chi connectivity index (χ4n) is 3.05. The number of rotatable bonds is 6. The maximum Gasteiger partial charge on any atom is 0.256 e. The summed E-state index contributed by atoms with van der Waals surface area (Å²) in [5.41, 5.74) is 2.29. The topological polar surface area (TPSA) is 38.3 Å². The molecule has 1 unspecified atom stereocenters. The highest BCUT2D eigenvalue weighted by Crippen LogP contribution is 2.17. The Morgan fingerprint density at radius 3 is 2.58 bits per heavy atom. The number of hydrogen-bond acceptors (Lipinski definition) is 2. The Morgan fingerprint density at radius 1 is 1.17 bits per heavy atom. The third-order valence-electron chi connectivity index (χ3n) is 4.20. The standard InChI is InChI=1S/C19H22ClN2O2/c1-3-19-21(2)17-6-4-5-7-18(17)22(19)12-15(23)13-24-16-10-8-14(20)9-11-16/h4-11,15,23H,3,12-13H2,1-2H3/q+1. The van der Waals surface area contributed by atoms with Crippen molar-refractivity contribution in [2.45, 2.75) is 26.0 Å². The number of nitrogens with zero attached hydrogens (tertiary/aromatic N) is 2. The molecule has 0 radical (unpaired) electrons. The first-order valence-electron chi connectivity index (χ1n) is 8.12. The lowest BCUT2D eigenvalue weighted by Gasteiger charge is -2.12. The molecule has 126 valence electrons. The van der Waals surface area contributed by atoms with Crippen molar-refractivity contribution in [1.82, 2.24) is 4.57 Å². The van der Waals surface area contributed by atoms with E-state index in [-0.39, 0.29) is 6.61 Å². The fourth-order valence-corrected chi connectivity index (χ4v) is 3.18. The third-order valence-corrected chi connectivity index (χ3v) is 4.45. The molecule has 0 aliphatic rings. The summed E-state index contributed by atoms with van der Waals surface area (Å²) in [6, 6.07) is 15.4. The average Bonchev–Trinajstić information content (AvgIpc) is 2.86. The molecule has 2 aromatic carbocycles. The number of benzene rings is 2. The van der Waals surface area contributed by atoms with Crippen molar-refractivity contribution in [3.8, 4) is 5.75 Å². The number of aliphatic hydroxyl groups excluding tert-OH is 1. The zero-order valence-corrected chi connectivity index (χ0v) is 14.7. The molecule has 0 spiro atoms. The summed E-state index contributed by atoms with van der Waals surface area (Å²) in [6.07, 6.45) is 0.303. The van der Waals surface area contributed by atoms with E-state index in [1.54, 1.807) is 24.3 Å². The van der Waals surface area contributed by atoms with Gasteiger partial charge >= 0.3 is 0 Å². The zero-order chi connectivity index (χ0) is 17.1. The van der Waals surface area contributed by atoms with E-state index in [9.17, 15) is 5.11 Å². The van der Waals surface area contributed by atoms with Gasteiger partial charge in [0.2, 0.25) is 0 Å². The Hall–Kier alpha value is -2.04. The van der Waals surface area contributed by atoms with Crippen LogP contribution in [0.25, 0.3) is 11.0 Å². The lowest BCUT2D eigenvalue weighted by Crippen LogP contribution is -2.34. The SMILES string of the molecule is CCc1n(CC(O)COc2ccc(Cl)cc2)c2ccccc2[n+]1C. The van der Waals surface area contributed by atoms with Gasteiger partial charge in [-0.15, -0.1) is 0 Å². The van der Waals surface area contributed by atoms with E-state index in [0.29, 0.717) is 17.3 Å². The molecule has 0 aliphatic carbocycles. The monoisotopic (exact) mass is 345 g/mol. The molecule has 0 bridgehead atoms. The summed E-state index contributed by atoms with van der Waals surface area (Å²) in [7, 11) is 2.06. The highest BCUT2D eigenvalue weighted by Gasteiger charge is 2.23. The highest BCUT2D eigenvalue weighted by molar-refractivity contribution is 6.30. The van der Waals surface area contributed by atoms with Crippen molar-refractivity contribution in [1.29, 1.82) is 0 Å². The highest BCUT2D eigenvalue weighted by atomic mass is 35.5. The van der Waals surface area contributed by atoms with Gasteiger partial charge in [0, 0.05) is 11.4 Å². The van der Waals surface area contributed by atoms with E-state index in [0.717, 1.165) is 11.9 Å². The summed E-state index contributed by atoms with van der Waals surface area (Å²) in [6.45, 7) is 2.86. The van der Waals surface area contributed by atoms with Crippen LogP contribution in [0.3, 0.4) is 0 Å². The molecule has 24 heavy (non-hydrogen) atoms. The number of ether oxygens (including phenoxy) is 1. The number of fused-ring (bicyclic) bond motifs is 1. The van der Waals surface area contributed by atoms with Crippen LogP contribution in [0.2, 0.25) is 5.02 Å². The summed E-state index contributed by atoms with van der Waals surface area (Å²) in [4.78, 5) is 0. The lowest BCUT2D eigenvalue weighted by molar-refractivity contribution is -0.653. The second-order valence-corrected chi connectivity index (χ2v) is 6.28. The Labute approximate surface area is 146 Å². The summed E-state index contributed by atoms with van der Waals surface area (Å²) < 4.78 is 10.0.